The number of methoxy groups -OCH3 is 1. The van der Waals surface area contributed by atoms with E-state index in [1.54, 1.807) is 7.11 Å². The van der Waals surface area contributed by atoms with Crippen molar-refractivity contribution in [2.24, 2.45) is 17.6 Å². The molecule has 3 atom stereocenters. The van der Waals surface area contributed by atoms with Gasteiger partial charge in [-0.05, 0) is 62.8 Å². The molecule has 3 heteroatoms. The van der Waals surface area contributed by atoms with Crippen LogP contribution in [0.5, 0.6) is 5.75 Å². The summed E-state index contributed by atoms with van der Waals surface area (Å²) >= 11 is 0. The summed E-state index contributed by atoms with van der Waals surface area (Å²) < 4.78 is 5.21. The standard InChI is InChI=1S/C18H30N2O/c1-14-11-16(14)12-20(3)18(2,13-19)10-9-15-5-7-17(21-4)8-6-15/h5-8,14,16H,9-13,19H2,1-4H3. The predicted octanol–water partition coefficient (Wildman–Crippen LogP) is 2.93. The SMILES string of the molecule is COc1ccc(CCC(C)(CN)N(C)CC2CC2C)cc1. The van der Waals surface area contributed by atoms with Crippen LogP contribution in [-0.4, -0.2) is 37.7 Å². The van der Waals surface area contributed by atoms with Crippen molar-refractivity contribution in [1.82, 2.24) is 4.90 Å². The Kier molecular flexibility index (Phi) is 5.28. The first kappa shape index (κ1) is 16.3. The highest BCUT2D eigenvalue weighted by atomic mass is 16.5. The summed E-state index contributed by atoms with van der Waals surface area (Å²) in [5, 5.41) is 0. The third-order valence-corrected chi connectivity index (χ3v) is 5.26. The molecule has 21 heavy (non-hydrogen) atoms. The molecule has 0 aromatic heterocycles. The zero-order chi connectivity index (χ0) is 15.5. The Morgan fingerprint density at radius 2 is 1.95 bits per heavy atom. The van der Waals surface area contributed by atoms with Gasteiger partial charge in [-0.15, -0.1) is 0 Å². The lowest BCUT2D eigenvalue weighted by atomic mass is 9.91. The molecular weight excluding hydrogens is 260 g/mol. The molecule has 3 nitrogen and oxygen atoms in total. The van der Waals surface area contributed by atoms with Crippen LogP contribution in [0.4, 0.5) is 0 Å². The average Bonchev–Trinajstić information content (AvgIpc) is 3.20. The van der Waals surface area contributed by atoms with Gasteiger partial charge in [-0.3, -0.25) is 4.90 Å². The Labute approximate surface area is 129 Å². The summed E-state index contributed by atoms with van der Waals surface area (Å²) in [5.41, 5.74) is 7.52. The minimum Gasteiger partial charge on any atom is -0.497 e. The average molecular weight is 290 g/mol. The highest BCUT2D eigenvalue weighted by Crippen LogP contribution is 2.39. The fourth-order valence-electron chi connectivity index (χ4n) is 2.88. The van der Waals surface area contributed by atoms with Crippen LogP contribution in [0, 0.1) is 11.8 Å². The van der Waals surface area contributed by atoms with Crippen LogP contribution < -0.4 is 10.5 Å². The Hall–Kier alpha value is -1.06. The maximum atomic E-state index is 6.09. The lowest BCUT2D eigenvalue weighted by molar-refractivity contribution is 0.126. The van der Waals surface area contributed by atoms with Gasteiger partial charge in [0, 0.05) is 18.6 Å². The zero-order valence-corrected chi connectivity index (χ0v) is 13.9. The molecule has 1 aliphatic rings. The van der Waals surface area contributed by atoms with Crippen LogP contribution in [0.3, 0.4) is 0 Å². The van der Waals surface area contributed by atoms with Gasteiger partial charge < -0.3 is 10.5 Å². The van der Waals surface area contributed by atoms with Gasteiger partial charge in [-0.1, -0.05) is 19.1 Å². The molecule has 1 saturated carbocycles. The second-order valence-electron chi connectivity index (χ2n) is 6.90. The molecule has 1 aliphatic carbocycles. The molecule has 0 spiro atoms. The van der Waals surface area contributed by atoms with Gasteiger partial charge in [-0.2, -0.15) is 0 Å². The lowest BCUT2D eigenvalue weighted by Gasteiger charge is -2.38. The van der Waals surface area contributed by atoms with E-state index in [-0.39, 0.29) is 5.54 Å². The number of aryl methyl sites for hydroxylation is 1. The van der Waals surface area contributed by atoms with Crippen LogP contribution >= 0.6 is 0 Å². The molecular formula is C18H30N2O. The smallest absolute Gasteiger partial charge is 0.118 e. The summed E-state index contributed by atoms with van der Waals surface area (Å²) in [7, 11) is 3.93. The molecule has 0 radical (unpaired) electrons. The van der Waals surface area contributed by atoms with E-state index in [2.05, 4.69) is 37.9 Å². The first-order valence-corrected chi connectivity index (χ1v) is 8.03. The number of benzene rings is 1. The molecule has 0 heterocycles. The second-order valence-corrected chi connectivity index (χ2v) is 6.90. The Balaban J connectivity index is 1.90. The number of ether oxygens (including phenoxy) is 1. The van der Waals surface area contributed by atoms with E-state index in [1.165, 1.54) is 18.5 Å². The van der Waals surface area contributed by atoms with Gasteiger partial charge >= 0.3 is 0 Å². The highest BCUT2D eigenvalue weighted by Gasteiger charge is 2.37. The Morgan fingerprint density at radius 1 is 1.33 bits per heavy atom. The molecule has 2 N–H and O–H groups in total. The van der Waals surface area contributed by atoms with Gasteiger partial charge in [0.1, 0.15) is 5.75 Å². The van der Waals surface area contributed by atoms with E-state index in [4.69, 9.17) is 10.5 Å². The molecule has 1 aromatic rings. The van der Waals surface area contributed by atoms with Crippen LogP contribution in [0.1, 0.15) is 32.3 Å². The molecule has 0 amide bonds. The van der Waals surface area contributed by atoms with Crippen molar-refractivity contribution in [1.29, 1.82) is 0 Å². The van der Waals surface area contributed by atoms with E-state index in [0.717, 1.165) is 30.4 Å². The quantitative estimate of drug-likeness (QED) is 0.800. The van der Waals surface area contributed by atoms with Crippen LogP contribution in [0.15, 0.2) is 24.3 Å². The van der Waals surface area contributed by atoms with Crippen molar-refractivity contribution in [3.8, 4) is 5.75 Å². The number of rotatable bonds is 8. The van der Waals surface area contributed by atoms with Gasteiger partial charge in [0.05, 0.1) is 7.11 Å². The van der Waals surface area contributed by atoms with E-state index in [9.17, 15) is 0 Å². The van der Waals surface area contributed by atoms with Crippen molar-refractivity contribution in [3.05, 3.63) is 29.8 Å². The number of hydrogen-bond donors (Lipinski definition) is 1. The molecule has 0 saturated heterocycles. The minimum absolute atomic E-state index is 0.0856. The van der Waals surface area contributed by atoms with Crippen molar-refractivity contribution in [2.45, 2.75) is 38.6 Å². The lowest BCUT2D eigenvalue weighted by Crippen LogP contribution is -2.50. The van der Waals surface area contributed by atoms with E-state index in [1.807, 2.05) is 12.1 Å². The highest BCUT2D eigenvalue weighted by molar-refractivity contribution is 5.27. The fraction of sp³-hybridized carbons (Fsp3) is 0.667. The van der Waals surface area contributed by atoms with Crippen LogP contribution in [0.25, 0.3) is 0 Å². The molecule has 2 rings (SSSR count). The van der Waals surface area contributed by atoms with E-state index < -0.39 is 0 Å². The van der Waals surface area contributed by atoms with E-state index >= 15 is 0 Å². The largest absolute Gasteiger partial charge is 0.497 e. The third-order valence-electron chi connectivity index (χ3n) is 5.26. The van der Waals surface area contributed by atoms with E-state index in [0.29, 0.717) is 6.54 Å². The predicted molar refractivity (Wildman–Crippen MR) is 88.7 cm³/mol. The van der Waals surface area contributed by atoms with Crippen molar-refractivity contribution in [2.75, 3.05) is 27.2 Å². The molecule has 1 aromatic carbocycles. The summed E-state index contributed by atoms with van der Waals surface area (Å²) in [6, 6.07) is 8.37. The second kappa shape index (κ2) is 6.80. The molecule has 0 aliphatic heterocycles. The topological polar surface area (TPSA) is 38.5 Å². The summed E-state index contributed by atoms with van der Waals surface area (Å²) in [4.78, 5) is 2.48. The Morgan fingerprint density at radius 3 is 2.43 bits per heavy atom. The number of hydrogen-bond acceptors (Lipinski definition) is 3. The summed E-state index contributed by atoms with van der Waals surface area (Å²) in [5.74, 6) is 2.69. The summed E-state index contributed by atoms with van der Waals surface area (Å²) in [6.07, 6.45) is 3.53. The van der Waals surface area contributed by atoms with Gasteiger partial charge in [0.25, 0.3) is 0 Å². The molecule has 0 bridgehead atoms. The normalized spacial score (nSPS) is 23.9. The molecule has 1 fully saturated rings. The van der Waals surface area contributed by atoms with Crippen molar-refractivity contribution in [3.63, 3.8) is 0 Å². The first-order valence-electron chi connectivity index (χ1n) is 8.03. The van der Waals surface area contributed by atoms with Gasteiger partial charge in [-0.25, -0.2) is 0 Å². The third kappa shape index (κ3) is 4.21. The zero-order valence-electron chi connectivity index (χ0n) is 13.9. The maximum absolute atomic E-state index is 6.09. The fourth-order valence-corrected chi connectivity index (χ4v) is 2.88. The van der Waals surface area contributed by atoms with Crippen molar-refractivity contribution < 1.29 is 4.74 Å². The van der Waals surface area contributed by atoms with Gasteiger partial charge in [0.2, 0.25) is 0 Å². The molecule has 118 valence electrons. The van der Waals surface area contributed by atoms with Crippen LogP contribution in [0.2, 0.25) is 0 Å². The Bertz CT molecular complexity index is 445. The van der Waals surface area contributed by atoms with Crippen LogP contribution in [-0.2, 0) is 6.42 Å². The number of likely N-dealkylation sites (N-methyl/N-ethyl adjacent to an activating group) is 1. The number of nitrogens with two attached hydrogens (primary N) is 1. The monoisotopic (exact) mass is 290 g/mol. The van der Waals surface area contributed by atoms with Crippen molar-refractivity contribution >= 4 is 0 Å². The summed E-state index contributed by atoms with van der Waals surface area (Å²) in [6.45, 7) is 6.53. The van der Waals surface area contributed by atoms with Gasteiger partial charge in [0.15, 0.2) is 0 Å². The maximum Gasteiger partial charge on any atom is 0.118 e. The minimum atomic E-state index is 0.0856. The molecule has 3 unspecified atom stereocenters. The first-order chi connectivity index (χ1) is 9.98. The number of nitrogens with zero attached hydrogens (tertiary/aromatic N) is 1.